The van der Waals surface area contributed by atoms with Crippen LogP contribution in [0.25, 0.3) is 6.08 Å². The fourth-order valence-corrected chi connectivity index (χ4v) is 2.33. The zero-order valence-corrected chi connectivity index (χ0v) is 18.0. The average molecular weight is 472 g/mol. The molecule has 10 nitrogen and oxygen atoms in total. The first kappa shape index (κ1) is 27.3. The fraction of sp³-hybridized carbons (Fsp3) is 0.125. The molecule has 0 heterocycles. The Hall–Kier alpha value is -4.73. The van der Waals surface area contributed by atoms with Crippen LogP contribution >= 0.6 is 0 Å². The molecule has 180 valence electrons. The van der Waals surface area contributed by atoms with Gasteiger partial charge < -0.3 is 35.4 Å². The summed E-state index contributed by atoms with van der Waals surface area (Å²) in [5, 5.41) is 54.5. The topological polar surface area (TPSA) is 182 Å². The summed E-state index contributed by atoms with van der Waals surface area (Å²) >= 11 is 0. The minimum atomic E-state index is -1.50. The Morgan fingerprint density at radius 1 is 0.853 bits per heavy atom. The number of aliphatic carboxylic acids is 2. The molecule has 0 bridgehead atoms. The lowest BCUT2D eigenvalue weighted by Gasteiger charge is -2.13. The molecule has 0 fully saturated rings. The number of carboxylic acid groups (broad SMARTS) is 2. The maximum absolute atomic E-state index is 11.8. The molecule has 2 aromatic rings. The molecule has 0 aromatic heterocycles. The second kappa shape index (κ2) is 13.6. The van der Waals surface area contributed by atoms with Crippen molar-refractivity contribution in [2.24, 2.45) is 0 Å². The van der Waals surface area contributed by atoms with Crippen LogP contribution in [-0.4, -0.2) is 54.7 Å². The van der Waals surface area contributed by atoms with Crippen LogP contribution in [0.4, 0.5) is 0 Å². The fourth-order valence-electron chi connectivity index (χ4n) is 2.33. The number of hydrogen-bond acceptors (Lipinski definition) is 8. The molecule has 0 aliphatic carbocycles. The van der Waals surface area contributed by atoms with E-state index in [9.17, 15) is 39.9 Å². The van der Waals surface area contributed by atoms with Crippen LogP contribution in [0, 0.1) is 0 Å². The van der Waals surface area contributed by atoms with E-state index in [0.29, 0.717) is 11.1 Å². The number of ether oxygens (including phenoxy) is 1. The van der Waals surface area contributed by atoms with Crippen LogP contribution in [0.3, 0.4) is 0 Å². The van der Waals surface area contributed by atoms with Crippen molar-refractivity contribution >= 4 is 24.0 Å². The van der Waals surface area contributed by atoms with E-state index in [1.807, 2.05) is 6.92 Å². The van der Waals surface area contributed by atoms with Crippen molar-refractivity contribution in [1.82, 2.24) is 0 Å². The molecule has 0 radical (unpaired) electrons. The second-order valence-corrected chi connectivity index (χ2v) is 6.60. The van der Waals surface area contributed by atoms with Gasteiger partial charge in [-0.15, -0.1) is 0 Å². The third-order valence-corrected chi connectivity index (χ3v) is 3.95. The van der Waals surface area contributed by atoms with E-state index in [4.69, 9.17) is 9.84 Å². The van der Waals surface area contributed by atoms with Crippen molar-refractivity contribution in [3.63, 3.8) is 0 Å². The highest BCUT2D eigenvalue weighted by atomic mass is 16.6. The van der Waals surface area contributed by atoms with E-state index in [-0.39, 0.29) is 23.7 Å². The van der Waals surface area contributed by atoms with Gasteiger partial charge in [0, 0.05) is 18.6 Å². The molecule has 6 N–H and O–H groups in total. The third-order valence-electron chi connectivity index (χ3n) is 3.95. The molecule has 0 amide bonds. The number of allylic oxidation sites excluding steroid dienone is 3. The highest BCUT2D eigenvalue weighted by molar-refractivity contribution is 5.89. The van der Waals surface area contributed by atoms with Crippen LogP contribution in [0.1, 0.15) is 18.1 Å². The smallest absolute Gasteiger partial charge is 0.345 e. The predicted octanol–water partition coefficient (Wildman–Crippen LogP) is 2.96. The molecule has 0 saturated heterocycles. The number of carbonyl (C=O) groups is 3. The summed E-state index contributed by atoms with van der Waals surface area (Å²) in [6, 6.07) is 7.65. The second-order valence-electron chi connectivity index (χ2n) is 6.60. The van der Waals surface area contributed by atoms with E-state index in [2.05, 4.69) is 0 Å². The van der Waals surface area contributed by atoms with Gasteiger partial charge in [-0.3, -0.25) is 0 Å². The van der Waals surface area contributed by atoms with Crippen molar-refractivity contribution in [1.29, 1.82) is 0 Å². The van der Waals surface area contributed by atoms with Crippen molar-refractivity contribution in [3.05, 3.63) is 77.9 Å². The highest BCUT2D eigenvalue weighted by Crippen LogP contribution is 2.26. The molecule has 0 aliphatic heterocycles. The van der Waals surface area contributed by atoms with Crippen molar-refractivity contribution in [2.45, 2.75) is 19.4 Å². The Balaban J connectivity index is 0.000000620. The lowest BCUT2D eigenvalue weighted by molar-refractivity contribution is -0.160. The summed E-state index contributed by atoms with van der Waals surface area (Å²) in [5.41, 5.74) is 0.750. The molecule has 10 heteroatoms. The minimum absolute atomic E-state index is 0.206. The van der Waals surface area contributed by atoms with Gasteiger partial charge in [0.05, 0.1) is 0 Å². The van der Waals surface area contributed by atoms with Crippen molar-refractivity contribution in [3.8, 4) is 23.0 Å². The first-order chi connectivity index (χ1) is 16.0. The molecule has 2 rings (SSSR count). The quantitative estimate of drug-likeness (QED) is 0.145. The van der Waals surface area contributed by atoms with Gasteiger partial charge in [-0.2, -0.15) is 0 Å². The van der Waals surface area contributed by atoms with Gasteiger partial charge in [0.25, 0.3) is 0 Å². The maximum atomic E-state index is 11.8. The van der Waals surface area contributed by atoms with Crippen LogP contribution in [0.5, 0.6) is 23.0 Å². The van der Waals surface area contributed by atoms with E-state index in [1.54, 1.807) is 12.2 Å². The van der Waals surface area contributed by atoms with Gasteiger partial charge in [-0.1, -0.05) is 30.4 Å². The summed E-state index contributed by atoms with van der Waals surface area (Å²) in [4.78, 5) is 32.8. The van der Waals surface area contributed by atoms with Gasteiger partial charge in [-0.05, 0) is 48.4 Å². The molecule has 1 atom stereocenters. The SMILES string of the molecule is C/C=C/C=C/C(=O)O.O=C(/C=C/c1ccc(O)c(O)c1)OC(Cc1ccc(O)c(O)c1)C(=O)O. The standard InChI is InChI=1S/C18H16O8.C6H8O2/c19-12-4-1-10(7-14(12)21)3-6-17(23)26-16(18(24)25)9-11-2-5-13(20)15(22)8-11;1-2-3-4-5-6(7)8/h1-8,16,19-22H,9H2,(H,24,25);2-5H,1H3,(H,7,8)/b6-3+;3-2+,5-4+. The van der Waals surface area contributed by atoms with Crippen LogP contribution < -0.4 is 0 Å². The third kappa shape index (κ3) is 10.1. The van der Waals surface area contributed by atoms with Gasteiger partial charge in [-0.25, -0.2) is 14.4 Å². The summed E-state index contributed by atoms with van der Waals surface area (Å²) < 4.78 is 4.88. The zero-order valence-electron chi connectivity index (χ0n) is 18.0. The van der Waals surface area contributed by atoms with Crippen LogP contribution in [0.2, 0.25) is 0 Å². The predicted molar refractivity (Wildman–Crippen MR) is 121 cm³/mol. The molecule has 2 aromatic carbocycles. The van der Waals surface area contributed by atoms with E-state index in [1.165, 1.54) is 48.6 Å². The number of esters is 1. The lowest BCUT2D eigenvalue weighted by atomic mass is 10.1. The Morgan fingerprint density at radius 2 is 1.47 bits per heavy atom. The Morgan fingerprint density at radius 3 is 2.00 bits per heavy atom. The Kier molecular flexibility index (Phi) is 10.9. The first-order valence-electron chi connectivity index (χ1n) is 9.70. The molecule has 0 aliphatic rings. The molecule has 0 spiro atoms. The van der Waals surface area contributed by atoms with Gasteiger partial charge >= 0.3 is 17.9 Å². The number of aromatic hydroxyl groups is 4. The Bertz CT molecular complexity index is 1100. The normalized spacial score (nSPS) is 11.8. The van der Waals surface area contributed by atoms with Gasteiger partial charge in [0.1, 0.15) is 0 Å². The van der Waals surface area contributed by atoms with Crippen LogP contribution in [0.15, 0.2) is 66.8 Å². The van der Waals surface area contributed by atoms with E-state index in [0.717, 1.165) is 12.2 Å². The summed E-state index contributed by atoms with van der Waals surface area (Å²) in [5.74, 6) is -4.65. The Labute approximate surface area is 194 Å². The van der Waals surface area contributed by atoms with Crippen LogP contribution in [-0.2, 0) is 25.5 Å². The summed E-state index contributed by atoms with van der Waals surface area (Å²) in [7, 11) is 0. The van der Waals surface area contributed by atoms with E-state index >= 15 is 0 Å². The molecule has 1 unspecified atom stereocenters. The largest absolute Gasteiger partial charge is 0.504 e. The average Bonchev–Trinajstić information content (AvgIpc) is 2.77. The van der Waals surface area contributed by atoms with Gasteiger partial charge in [0.15, 0.2) is 23.0 Å². The number of carboxylic acids is 2. The minimum Gasteiger partial charge on any atom is -0.504 e. The number of rotatable bonds is 8. The number of phenolic OH excluding ortho intramolecular Hbond substituents is 4. The zero-order chi connectivity index (χ0) is 25.7. The number of carbonyl (C=O) groups excluding carboxylic acids is 1. The number of phenols is 4. The maximum Gasteiger partial charge on any atom is 0.345 e. The number of hydrogen-bond donors (Lipinski definition) is 6. The molecular formula is C24H24O10. The monoisotopic (exact) mass is 472 g/mol. The van der Waals surface area contributed by atoms with Crippen molar-refractivity contribution < 1.29 is 49.8 Å². The first-order valence-corrected chi connectivity index (χ1v) is 9.70. The molecule has 34 heavy (non-hydrogen) atoms. The number of benzene rings is 2. The lowest BCUT2D eigenvalue weighted by Crippen LogP contribution is -2.28. The van der Waals surface area contributed by atoms with Gasteiger partial charge in [0.2, 0.25) is 6.10 Å². The summed E-state index contributed by atoms with van der Waals surface area (Å²) in [6.07, 6.45) is 6.55. The van der Waals surface area contributed by atoms with E-state index < -0.39 is 29.8 Å². The highest BCUT2D eigenvalue weighted by Gasteiger charge is 2.22. The molecule has 0 saturated carbocycles. The molecular weight excluding hydrogens is 448 g/mol. The van der Waals surface area contributed by atoms with Crippen molar-refractivity contribution in [2.75, 3.05) is 0 Å². The summed E-state index contributed by atoms with van der Waals surface area (Å²) in [6.45, 7) is 1.83.